The van der Waals surface area contributed by atoms with Crippen LogP contribution in [-0.4, -0.2) is 263 Å². The molecule has 13 rings (SSSR count). The van der Waals surface area contributed by atoms with Crippen molar-refractivity contribution < 1.29 is 76.3 Å². The number of nitrogens with zero attached hydrogens (tertiary/aromatic N) is 12. The Morgan fingerprint density at radius 3 is 0.949 bits per heavy atom. The van der Waals surface area contributed by atoms with E-state index in [-0.39, 0.29) is 110 Å². The SMILES string of the molecule is CC[C@@H](C)Nc1cc(C)c(-c2sc(C(=O)NCC(C)(C)O)nc2C(=O)N2CCC[C@@H]2C)cn1.Cc1cc(NC(C)C)ncc1-c1sc(C(=O)NCC(C)(C)O)nc1C(=O)N1CC(F)(F)C[C@@H]1C.Cc1cc(NCC(C)(C)C)ncc1-c1sc(C(=O)NCC(C)(C)O)nc1C(=O)N1C2CCC1CC2.Cc1cc(NCC(C)(C)C)ncc1-c1sc(C(=O)NCC(C)(C)O)nc1C(=O)N1CC(F)(F)C[C@@H]1C. The highest BCUT2D eigenvalue weighted by atomic mass is 32.1. The molecule has 0 aromatic carbocycles. The Morgan fingerprint density at radius 1 is 0.413 bits per heavy atom. The second-order valence-corrected chi connectivity index (χ2v) is 46.2. The molecule has 0 saturated carbocycles. The van der Waals surface area contributed by atoms with Gasteiger partial charge in [0.15, 0.2) is 20.0 Å². The molecule has 5 aliphatic heterocycles. The van der Waals surface area contributed by atoms with Gasteiger partial charge in [-0.05, 0) is 227 Å². The van der Waals surface area contributed by atoms with Gasteiger partial charge in [0, 0.05) is 148 Å². The molecule has 12 N–H and O–H groups in total. The number of aryl methyl sites for hydroxylation is 4. The Bertz CT molecular complexity index is 5700. The normalized spacial score (nSPS) is 18.2. The van der Waals surface area contributed by atoms with Crippen LogP contribution in [0.3, 0.4) is 0 Å². The van der Waals surface area contributed by atoms with E-state index in [4.69, 9.17) is 0 Å². The van der Waals surface area contributed by atoms with E-state index in [0.29, 0.717) is 67.1 Å². The van der Waals surface area contributed by atoms with Gasteiger partial charge < -0.3 is 82.6 Å². The van der Waals surface area contributed by atoms with Gasteiger partial charge in [-0.1, -0.05) is 48.5 Å². The van der Waals surface area contributed by atoms with Crippen molar-refractivity contribution in [2.75, 3.05) is 80.2 Å². The smallest absolute Gasteiger partial charge is 0.280 e. The molecular formula is C98H138F4N20O12S4. The number of likely N-dealkylation sites (tertiary alicyclic amines) is 3. The number of hydrogen-bond acceptors (Lipinski definition) is 28. The van der Waals surface area contributed by atoms with Crippen LogP contribution in [0.1, 0.15) is 307 Å². The third-order valence-corrected chi connectivity index (χ3v) is 27.7. The quantitative estimate of drug-likeness (QED) is 0.0194. The molecule has 8 aromatic rings. The highest BCUT2D eigenvalue weighted by Gasteiger charge is 2.49. The molecule has 0 unspecified atom stereocenters. The monoisotopic (exact) mass is 1990 g/mol. The van der Waals surface area contributed by atoms with Crippen LogP contribution in [0.2, 0.25) is 0 Å². The van der Waals surface area contributed by atoms with Gasteiger partial charge in [0.2, 0.25) is 0 Å². The van der Waals surface area contributed by atoms with Gasteiger partial charge in [-0.15, -0.1) is 45.3 Å². The van der Waals surface area contributed by atoms with Crippen molar-refractivity contribution in [2.24, 2.45) is 10.8 Å². The number of rotatable bonds is 29. The first-order valence-corrected chi connectivity index (χ1v) is 50.2. The molecule has 754 valence electrons. The van der Waals surface area contributed by atoms with Crippen LogP contribution in [0.15, 0.2) is 49.1 Å². The van der Waals surface area contributed by atoms with Crippen LogP contribution in [0.4, 0.5) is 40.8 Å². The number of carbonyl (C=O) groups is 8. The third kappa shape index (κ3) is 29.9. The molecular weight excluding hydrogens is 1850 g/mol. The predicted molar refractivity (Wildman–Crippen MR) is 535 cm³/mol. The van der Waals surface area contributed by atoms with E-state index in [2.05, 4.69) is 138 Å². The first-order chi connectivity index (χ1) is 63.9. The maximum absolute atomic E-state index is 14.0. The van der Waals surface area contributed by atoms with Crippen LogP contribution in [0.5, 0.6) is 0 Å². The molecule has 13 heterocycles. The van der Waals surface area contributed by atoms with Gasteiger partial charge in [0.25, 0.3) is 59.1 Å². The van der Waals surface area contributed by atoms with Crippen LogP contribution in [0.25, 0.3) is 41.8 Å². The van der Waals surface area contributed by atoms with Crippen molar-refractivity contribution in [1.82, 2.24) is 80.7 Å². The lowest BCUT2D eigenvalue weighted by atomic mass is 9.97. The van der Waals surface area contributed by atoms with Crippen molar-refractivity contribution in [2.45, 2.75) is 307 Å². The molecule has 5 fully saturated rings. The fraction of sp³-hybridized carbons (Fsp3) is 0.592. The highest BCUT2D eigenvalue weighted by molar-refractivity contribution is 7.18. The lowest BCUT2D eigenvalue weighted by Crippen LogP contribution is -2.38. The largest absolute Gasteiger partial charge is 0.389 e. The Morgan fingerprint density at radius 2 is 0.696 bits per heavy atom. The van der Waals surface area contributed by atoms with E-state index in [1.165, 1.54) is 22.7 Å². The maximum Gasteiger partial charge on any atom is 0.280 e. The number of thiazole rings is 4. The van der Waals surface area contributed by atoms with E-state index in [0.717, 1.165) is 129 Å². The standard InChI is InChI=1S/C26H37N5O3S.C25H35F2N5O3S.C24H35N5O3S.C23H31F2N5O3S/c1-15-11-19(28-13-25(2,3)4)27-12-18(15)21-20(24(33)31-16-7-8-17(31)10-9-16)30-23(35-21)22(32)29-14-26(5,6)34;1-14-8-17(29-11-23(3,4)5)28-10-16(14)19-18(22(34)32-13-25(26,27)9-15(32)2)31-21(36-19)20(33)30-12-24(6,7)35;1-7-15(3)27-18-11-14(2)17(12-25-18)20-19(23(31)29-10-8-9-16(29)4)28-22(33-20)21(30)26-13-24(5,6)32;1-12(2)28-16-7-13(3)15(9-26-16)18-17(21(32)30-11-23(24,25)8-14(30)4)29-20(34-18)19(31)27-10-22(5,6)33/h11-12,16-17,34H,7-10,13-14H2,1-6H3,(H,27,28)(H,29,32);8,10,15,35H,9,11-13H2,1-7H3,(H,28,29)(H,30,33);11-12,15-16,32H,7-10,13H2,1-6H3,(H,25,27)(H,26,30);7,9,12,14,33H,8,10-11H2,1-6H3,(H,26,28)(H,27,31)/t;15-;15-,16+;14-/m.010/s1. The molecule has 5 aliphatic rings. The number of carbonyl (C=O) groups excluding carboxylic acids is 8. The molecule has 40 heteroatoms. The van der Waals surface area contributed by atoms with Crippen LogP contribution >= 0.6 is 45.3 Å². The van der Waals surface area contributed by atoms with Crippen molar-refractivity contribution in [3.8, 4) is 41.8 Å². The summed E-state index contributed by atoms with van der Waals surface area (Å²) in [6.45, 7) is 47.4. The minimum atomic E-state index is -2.98. The molecule has 5 saturated heterocycles. The second-order valence-electron chi connectivity index (χ2n) is 42.2. The minimum Gasteiger partial charge on any atom is -0.389 e. The summed E-state index contributed by atoms with van der Waals surface area (Å²) in [4.78, 5) is 149. The summed E-state index contributed by atoms with van der Waals surface area (Å²) in [7, 11) is 0. The summed E-state index contributed by atoms with van der Waals surface area (Å²) in [5, 5.41) is 64.1. The number of nitrogens with one attached hydrogen (secondary N) is 8. The highest BCUT2D eigenvalue weighted by Crippen LogP contribution is 2.45. The fourth-order valence-corrected chi connectivity index (χ4v) is 20.1. The number of halogens is 4. The Hall–Kier alpha value is -10.4. The average molecular weight is 1990 g/mol. The minimum absolute atomic E-state index is 0.00462. The first kappa shape index (κ1) is 110. The van der Waals surface area contributed by atoms with Gasteiger partial charge in [-0.25, -0.2) is 57.4 Å². The molecule has 0 spiro atoms. The molecule has 0 aliphatic carbocycles. The number of aliphatic hydroxyl groups is 4. The third-order valence-electron chi connectivity index (χ3n) is 23.4. The molecule has 8 amide bonds. The maximum atomic E-state index is 14.0. The summed E-state index contributed by atoms with van der Waals surface area (Å²) in [5.74, 6) is -6.55. The lowest BCUT2D eigenvalue weighted by Gasteiger charge is -2.22. The van der Waals surface area contributed by atoms with Gasteiger partial charge >= 0.3 is 0 Å². The lowest BCUT2D eigenvalue weighted by molar-refractivity contribution is 0.0115. The molecule has 0 radical (unpaired) electrons. The summed E-state index contributed by atoms with van der Waals surface area (Å²) in [5.41, 5.74) is 2.58. The van der Waals surface area contributed by atoms with Gasteiger partial charge in [0.1, 0.15) is 46.0 Å². The zero-order valence-electron chi connectivity index (χ0n) is 84.0. The van der Waals surface area contributed by atoms with Crippen LogP contribution in [-0.2, 0) is 0 Å². The Balaban J connectivity index is 0.000000190. The summed E-state index contributed by atoms with van der Waals surface area (Å²) < 4.78 is 56.0. The number of hydrogen-bond donors (Lipinski definition) is 12. The van der Waals surface area contributed by atoms with Crippen LogP contribution < -0.4 is 42.5 Å². The number of fused-ring (bicyclic) bond motifs is 2. The van der Waals surface area contributed by atoms with Gasteiger partial charge in [-0.3, -0.25) is 38.4 Å². The number of pyridine rings is 4. The van der Waals surface area contributed by atoms with E-state index in [1.807, 2.05) is 82.5 Å². The van der Waals surface area contributed by atoms with Crippen molar-refractivity contribution >= 4 is 116 Å². The van der Waals surface area contributed by atoms with Crippen LogP contribution in [0, 0.1) is 38.5 Å². The zero-order chi connectivity index (χ0) is 102. The van der Waals surface area contributed by atoms with Crippen molar-refractivity contribution in [3.05, 3.63) is 114 Å². The van der Waals surface area contributed by atoms with E-state index < -0.39 is 108 Å². The Kier molecular flexibility index (Phi) is 35.1. The zero-order valence-corrected chi connectivity index (χ0v) is 87.2. The van der Waals surface area contributed by atoms with E-state index >= 15 is 0 Å². The van der Waals surface area contributed by atoms with E-state index in [9.17, 15) is 76.3 Å². The summed E-state index contributed by atoms with van der Waals surface area (Å²) in [6.07, 6.45) is 12.9. The molecule has 8 aromatic heterocycles. The predicted octanol–water partition coefficient (Wildman–Crippen LogP) is 16.1. The molecule has 32 nitrogen and oxygen atoms in total. The van der Waals surface area contributed by atoms with Gasteiger partial charge in [-0.2, -0.15) is 0 Å². The molecule has 2 bridgehead atoms. The number of aromatic nitrogens is 8. The average Bonchev–Trinajstić information content (AvgIpc) is 1.58. The second kappa shape index (κ2) is 44.2. The number of anilines is 4. The van der Waals surface area contributed by atoms with E-state index in [1.54, 1.807) is 94.0 Å². The topological polar surface area (TPSA) is 430 Å². The number of alkyl halides is 4. The molecule has 4 atom stereocenters. The summed E-state index contributed by atoms with van der Waals surface area (Å²) in [6, 6.07) is 7.40. The number of amides is 8. The Labute approximate surface area is 822 Å². The van der Waals surface area contributed by atoms with Crippen molar-refractivity contribution in [3.63, 3.8) is 0 Å². The van der Waals surface area contributed by atoms with Crippen molar-refractivity contribution in [1.29, 1.82) is 0 Å². The molecule has 138 heavy (non-hydrogen) atoms. The van der Waals surface area contributed by atoms with Gasteiger partial charge in [0.05, 0.1) is 55.0 Å². The summed E-state index contributed by atoms with van der Waals surface area (Å²) >= 11 is 4.38. The first-order valence-electron chi connectivity index (χ1n) is 46.9. The fourth-order valence-electron chi connectivity index (χ4n) is 15.9.